The van der Waals surface area contributed by atoms with Gasteiger partial charge in [-0.3, -0.25) is 9.59 Å². The number of hydrogen-bond acceptors (Lipinski definition) is 4. The summed E-state index contributed by atoms with van der Waals surface area (Å²) in [6, 6.07) is 8.81. The number of rotatable bonds is 4. The van der Waals surface area contributed by atoms with Crippen LogP contribution in [-0.4, -0.2) is 23.1 Å². The molecule has 1 aromatic carbocycles. The Balaban J connectivity index is 1.54. The molecule has 4 nitrogen and oxygen atoms in total. The number of thiophene rings is 1. The second kappa shape index (κ2) is 6.41. The van der Waals surface area contributed by atoms with Crippen LogP contribution in [-0.2, 0) is 9.59 Å². The van der Waals surface area contributed by atoms with Gasteiger partial charge < -0.3 is 10.6 Å². The summed E-state index contributed by atoms with van der Waals surface area (Å²) >= 11 is 3.39. The Morgan fingerprint density at radius 2 is 2.00 bits per heavy atom. The Labute approximate surface area is 149 Å². The minimum absolute atomic E-state index is 0.0461. The molecular weight excluding hydrogens is 340 g/mol. The largest absolute Gasteiger partial charge is 0.352 e. The van der Waals surface area contributed by atoms with Gasteiger partial charge in [-0.25, -0.2) is 0 Å². The molecule has 126 valence electrons. The van der Waals surface area contributed by atoms with E-state index in [2.05, 4.69) is 34.9 Å². The fourth-order valence-electron chi connectivity index (χ4n) is 3.18. The first-order valence-corrected chi connectivity index (χ1v) is 10.1. The van der Waals surface area contributed by atoms with E-state index in [0.29, 0.717) is 11.3 Å². The SMILES string of the molecule is CC(=O)Nc1cc2c(C3CCC(C(=O)NC4CC4)S3)cccc2s1. The molecule has 2 amide bonds. The third-order valence-electron chi connectivity index (χ3n) is 4.48. The Bertz CT molecular complexity index is 797. The lowest BCUT2D eigenvalue weighted by molar-refractivity contribution is -0.120. The maximum Gasteiger partial charge on any atom is 0.233 e. The van der Waals surface area contributed by atoms with Crippen LogP contribution in [0.3, 0.4) is 0 Å². The number of fused-ring (bicyclic) bond motifs is 1. The zero-order chi connectivity index (χ0) is 16.7. The van der Waals surface area contributed by atoms with Crippen molar-refractivity contribution in [2.45, 2.75) is 49.1 Å². The topological polar surface area (TPSA) is 58.2 Å². The van der Waals surface area contributed by atoms with Crippen molar-refractivity contribution in [3.63, 3.8) is 0 Å². The lowest BCUT2D eigenvalue weighted by atomic mass is 10.0. The Morgan fingerprint density at radius 3 is 2.75 bits per heavy atom. The van der Waals surface area contributed by atoms with Crippen LogP contribution in [0.2, 0.25) is 0 Å². The molecule has 0 radical (unpaired) electrons. The van der Waals surface area contributed by atoms with Crippen LogP contribution in [0.5, 0.6) is 0 Å². The van der Waals surface area contributed by atoms with E-state index in [1.807, 2.05) is 0 Å². The van der Waals surface area contributed by atoms with Crippen molar-refractivity contribution in [1.29, 1.82) is 0 Å². The second-order valence-corrected chi connectivity index (χ2v) is 9.02. The highest BCUT2D eigenvalue weighted by atomic mass is 32.2. The number of amides is 2. The number of anilines is 1. The quantitative estimate of drug-likeness (QED) is 0.864. The van der Waals surface area contributed by atoms with E-state index >= 15 is 0 Å². The molecule has 6 heteroatoms. The van der Waals surface area contributed by atoms with Crippen LogP contribution < -0.4 is 10.6 Å². The van der Waals surface area contributed by atoms with E-state index in [4.69, 9.17) is 0 Å². The van der Waals surface area contributed by atoms with Gasteiger partial charge in [0.05, 0.1) is 10.3 Å². The summed E-state index contributed by atoms with van der Waals surface area (Å²) in [5.74, 6) is 0.164. The van der Waals surface area contributed by atoms with Gasteiger partial charge in [0.25, 0.3) is 0 Å². The molecule has 2 aromatic rings. The number of thioether (sulfide) groups is 1. The van der Waals surface area contributed by atoms with Gasteiger partial charge in [0.1, 0.15) is 0 Å². The number of benzene rings is 1. The van der Waals surface area contributed by atoms with Crippen molar-refractivity contribution in [2.75, 3.05) is 5.32 Å². The molecule has 2 aliphatic rings. The molecule has 2 N–H and O–H groups in total. The summed E-state index contributed by atoms with van der Waals surface area (Å²) in [5.41, 5.74) is 1.28. The fraction of sp³-hybridized carbons (Fsp3) is 0.444. The predicted molar refractivity (Wildman–Crippen MR) is 101 cm³/mol. The highest BCUT2D eigenvalue weighted by Crippen LogP contribution is 2.48. The van der Waals surface area contributed by atoms with Crippen LogP contribution in [0.15, 0.2) is 24.3 Å². The first kappa shape index (κ1) is 16.0. The highest BCUT2D eigenvalue weighted by molar-refractivity contribution is 8.01. The molecule has 2 unspecified atom stereocenters. The molecule has 1 saturated heterocycles. The van der Waals surface area contributed by atoms with E-state index in [9.17, 15) is 9.59 Å². The van der Waals surface area contributed by atoms with E-state index < -0.39 is 0 Å². The molecule has 0 bridgehead atoms. The maximum absolute atomic E-state index is 12.3. The van der Waals surface area contributed by atoms with Crippen molar-refractivity contribution >= 4 is 50.0 Å². The number of carbonyl (C=O) groups is 2. The van der Waals surface area contributed by atoms with E-state index in [1.165, 1.54) is 22.6 Å². The van der Waals surface area contributed by atoms with Gasteiger partial charge in [-0.2, -0.15) is 0 Å². The van der Waals surface area contributed by atoms with E-state index in [-0.39, 0.29) is 17.1 Å². The summed E-state index contributed by atoms with van der Waals surface area (Å²) in [7, 11) is 0. The smallest absolute Gasteiger partial charge is 0.233 e. The van der Waals surface area contributed by atoms with Crippen molar-refractivity contribution in [3.8, 4) is 0 Å². The summed E-state index contributed by atoms with van der Waals surface area (Å²) in [6.07, 6.45) is 4.23. The number of carbonyl (C=O) groups excluding carboxylic acids is 2. The molecule has 2 atom stereocenters. The van der Waals surface area contributed by atoms with Gasteiger partial charge in [0, 0.05) is 22.9 Å². The van der Waals surface area contributed by atoms with E-state index in [0.717, 1.165) is 30.7 Å². The van der Waals surface area contributed by atoms with Gasteiger partial charge in [-0.1, -0.05) is 12.1 Å². The summed E-state index contributed by atoms with van der Waals surface area (Å²) in [4.78, 5) is 23.6. The first-order valence-electron chi connectivity index (χ1n) is 8.36. The van der Waals surface area contributed by atoms with Crippen LogP contribution in [0.25, 0.3) is 10.1 Å². The third kappa shape index (κ3) is 3.30. The molecule has 1 saturated carbocycles. The monoisotopic (exact) mass is 360 g/mol. The van der Waals surface area contributed by atoms with Gasteiger partial charge in [-0.05, 0) is 48.8 Å². The lowest BCUT2D eigenvalue weighted by Crippen LogP contribution is -2.32. The molecule has 1 aliphatic carbocycles. The molecule has 4 rings (SSSR count). The standard InChI is InChI=1S/C18H20N2O2S2/c1-10(21)19-17-9-13-12(3-2-4-14(13)24-17)15-7-8-16(23-15)18(22)20-11-5-6-11/h2-4,9,11,15-16H,5-8H2,1H3,(H,19,21)(H,20,22). The average molecular weight is 361 g/mol. The van der Waals surface area contributed by atoms with Gasteiger partial charge in [0.15, 0.2) is 0 Å². The highest BCUT2D eigenvalue weighted by Gasteiger charge is 2.34. The van der Waals surface area contributed by atoms with E-state index in [1.54, 1.807) is 23.1 Å². The Hall–Kier alpha value is -1.53. The third-order valence-corrected chi connectivity index (χ3v) is 7.09. The van der Waals surface area contributed by atoms with Crippen LogP contribution in [0.1, 0.15) is 43.4 Å². The minimum atomic E-state index is -0.0461. The zero-order valence-electron chi connectivity index (χ0n) is 13.5. The van der Waals surface area contributed by atoms with Gasteiger partial charge in [0.2, 0.25) is 11.8 Å². The average Bonchev–Trinajstić information content (AvgIpc) is 3.07. The fourth-order valence-corrected chi connectivity index (χ4v) is 5.71. The normalized spacial score (nSPS) is 23.4. The second-order valence-electron chi connectivity index (χ2n) is 6.52. The molecule has 0 spiro atoms. The van der Waals surface area contributed by atoms with Crippen LogP contribution in [0.4, 0.5) is 5.00 Å². The zero-order valence-corrected chi connectivity index (χ0v) is 15.1. The van der Waals surface area contributed by atoms with Gasteiger partial charge in [-0.15, -0.1) is 23.1 Å². The minimum Gasteiger partial charge on any atom is -0.352 e. The summed E-state index contributed by atoms with van der Waals surface area (Å²) < 4.78 is 1.18. The number of nitrogens with one attached hydrogen (secondary N) is 2. The maximum atomic E-state index is 12.3. The summed E-state index contributed by atoms with van der Waals surface area (Å²) in [5, 5.41) is 8.51. The molecule has 2 fully saturated rings. The Morgan fingerprint density at radius 1 is 1.17 bits per heavy atom. The van der Waals surface area contributed by atoms with Crippen molar-refractivity contribution in [3.05, 3.63) is 29.8 Å². The molecular formula is C18H20N2O2S2. The van der Waals surface area contributed by atoms with Crippen molar-refractivity contribution < 1.29 is 9.59 Å². The summed E-state index contributed by atoms with van der Waals surface area (Å²) in [6.45, 7) is 1.53. The first-order chi connectivity index (χ1) is 11.6. The predicted octanol–water partition coefficient (Wildman–Crippen LogP) is 4.08. The molecule has 1 aromatic heterocycles. The van der Waals surface area contributed by atoms with Crippen molar-refractivity contribution in [2.24, 2.45) is 0 Å². The van der Waals surface area contributed by atoms with Crippen LogP contribution in [0, 0.1) is 0 Å². The van der Waals surface area contributed by atoms with Gasteiger partial charge >= 0.3 is 0 Å². The number of hydrogen-bond donors (Lipinski definition) is 2. The molecule has 24 heavy (non-hydrogen) atoms. The van der Waals surface area contributed by atoms with Crippen LogP contribution >= 0.6 is 23.1 Å². The molecule has 2 heterocycles. The lowest BCUT2D eigenvalue weighted by Gasteiger charge is -2.13. The Kier molecular flexibility index (Phi) is 4.26. The van der Waals surface area contributed by atoms with Crippen molar-refractivity contribution in [1.82, 2.24) is 5.32 Å². The molecule has 1 aliphatic heterocycles.